The quantitative estimate of drug-likeness (QED) is 0.295. The Morgan fingerprint density at radius 2 is 1.83 bits per heavy atom. The summed E-state index contributed by atoms with van der Waals surface area (Å²) in [5.74, 6) is -0.462. The van der Waals surface area contributed by atoms with Crippen molar-refractivity contribution in [1.29, 1.82) is 0 Å². The number of nitrogens with one attached hydrogen (secondary N) is 1. The molecule has 0 aliphatic heterocycles. The van der Waals surface area contributed by atoms with Crippen molar-refractivity contribution in [3.63, 3.8) is 0 Å². The maximum atomic E-state index is 12.0. The fourth-order valence-electron chi connectivity index (χ4n) is 3.81. The number of ketones is 1. The van der Waals surface area contributed by atoms with Crippen LogP contribution in [0.2, 0.25) is 0 Å². The number of carbonyl (C=O) groups is 3. The molecule has 1 rings (SSSR count). The number of carboxylic acid groups (broad SMARTS) is 1. The maximum absolute atomic E-state index is 12.0. The number of hydrogen-bond acceptors (Lipinski definition) is 3. The average Bonchev–Trinajstić information content (AvgIpc) is 3.04. The first-order valence-corrected chi connectivity index (χ1v) is 11.3. The van der Waals surface area contributed by atoms with Gasteiger partial charge in [-0.05, 0) is 43.6 Å². The van der Waals surface area contributed by atoms with Gasteiger partial charge in [0.05, 0.1) is 0 Å². The summed E-state index contributed by atoms with van der Waals surface area (Å²) in [4.78, 5) is 35.3. The Balaban J connectivity index is 2.17. The lowest BCUT2D eigenvalue weighted by molar-refractivity contribution is -0.143. The fraction of sp³-hybridized carbons (Fsp3) is 0.708. The molecule has 1 aliphatic rings. The van der Waals surface area contributed by atoms with E-state index in [1.807, 2.05) is 13.8 Å². The van der Waals surface area contributed by atoms with Gasteiger partial charge in [0.1, 0.15) is 6.04 Å². The first-order chi connectivity index (χ1) is 13.9. The Bertz CT molecular complexity index is 581. The monoisotopic (exact) mass is 405 g/mol. The predicted molar refractivity (Wildman–Crippen MR) is 117 cm³/mol. The van der Waals surface area contributed by atoms with Crippen molar-refractivity contribution in [2.75, 3.05) is 0 Å². The van der Waals surface area contributed by atoms with Gasteiger partial charge in [0.25, 0.3) is 0 Å². The van der Waals surface area contributed by atoms with Gasteiger partial charge in [-0.3, -0.25) is 9.59 Å². The van der Waals surface area contributed by atoms with Gasteiger partial charge in [-0.1, -0.05) is 71.1 Å². The highest BCUT2D eigenvalue weighted by molar-refractivity contribution is 5.94. The minimum absolute atomic E-state index is 0.0748. The normalized spacial score (nSPS) is 20.9. The molecule has 29 heavy (non-hydrogen) atoms. The minimum Gasteiger partial charge on any atom is -0.480 e. The molecule has 0 fully saturated rings. The van der Waals surface area contributed by atoms with Crippen LogP contribution in [0.25, 0.3) is 0 Å². The molecule has 0 heterocycles. The van der Waals surface area contributed by atoms with E-state index in [0.29, 0.717) is 12.3 Å². The Morgan fingerprint density at radius 3 is 2.48 bits per heavy atom. The van der Waals surface area contributed by atoms with Gasteiger partial charge in [-0.2, -0.15) is 0 Å². The Hall–Kier alpha value is -1.91. The largest absolute Gasteiger partial charge is 0.480 e. The van der Waals surface area contributed by atoms with Gasteiger partial charge >= 0.3 is 5.97 Å². The average molecular weight is 406 g/mol. The van der Waals surface area contributed by atoms with E-state index in [1.54, 1.807) is 6.08 Å². The van der Waals surface area contributed by atoms with Crippen LogP contribution in [-0.4, -0.2) is 28.8 Å². The van der Waals surface area contributed by atoms with E-state index >= 15 is 0 Å². The minimum atomic E-state index is -0.962. The molecule has 0 radical (unpaired) electrons. The van der Waals surface area contributed by atoms with Gasteiger partial charge in [0, 0.05) is 12.3 Å². The summed E-state index contributed by atoms with van der Waals surface area (Å²) in [7, 11) is 0. The van der Waals surface area contributed by atoms with Crippen molar-refractivity contribution < 1.29 is 19.5 Å². The summed E-state index contributed by atoms with van der Waals surface area (Å²) in [6.45, 7) is 5.87. The fourth-order valence-corrected chi connectivity index (χ4v) is 3.81. The highest BCUT2D eigenvalue weighted by atomic mass is 16.4. The molecule has 0 unspecified atom stereocenters. The summed E-state index contributed by atoms with van der Waals surface area (Å²) < 4.78 is 0. The van der Waals surface area contributed by atoms with Crippen molar-refractivity contribution in [3.05, 3.63) is 24.3 Å². The van der Waals surface area contributed by atoms with Crippen LogP contribution in [-0.2, 0) is 14.4 Å². The van der Waals surface area contributed by atoms with Gasteiger partial charge in [0.15, 0.2) is 5.78 Å². The van der Waals surface area contributed by atoms with E-state index < -0.39 is 12.0 Å². The Kier molecular flexibility index (Phi) is 12.2. The van der Waals surface area contributed by atoms with Crippen molar-refractivity contribution in [1.82, 2.24) is 5.32 Å². The van der Waals surface area contributed by atoms with Crippen molar-refractivity contribution in [3.8, 4) is 0 Å². The first kappa shape index (κ1) is 25.1. The lowest BCUT2D eigenvalue weighted by Crippen LogP contribution is -2.44. The van der Waals surface area contributed by atoms with E-state index in [1.165, 1.54) is 0 Å². The van der Waals surface area contributed by atoms with E-state index in [0.717, 1.165) is 57.8 Å². The maximum Gasteiger partial charge on any atom is 0.326 e. The van der Waals surface area contributed by atoms with E-state index in [4.69, 9.17) is 0 Å². The lowest BCUT2D eigenvalue weighted by Gasteiger charge is -2.20. The number of hydrogen-bond donors (Lipinski definition) is 2. The molecule has 1 aliphatic carbocycles. The van der Waals surface area contributed by atoms with Crippen molar-refractivity contribution >= 4 is 17.7 Å². The molecule has 2 N–H and O–H groups in total. The van der Waals surface area contributed by atoms with E-state index in [9.17, 15) is 19.5 Å². The van der Waals surface area contributed by atoms with Crippen LogP contribution >= 0.6 is 0 Å². The van der Waals surface area contributed by atoms with Crippen LogP contribution in [0.15, 0.2) is 24.3 Å². The molecular weight excluding hydrogens is 366 g/mol. The summed E-state index contributed by atoms with van der Waals surface area (Å²) >= 11 is 0. The summed E-state index contributed by atoms with van der Waals surface area (Å²) in [6.07, 6.45) is 17.1. The molecule has 0 aromatic carbocycles. The van der Waals surface area contributed by atoms with Crippen molar-refractivity contribution in [2.24, 2.45) is 17.8 Å². The van der Waals surface area contributed by atoms with Crippen LogP contribution < -0.4 is 5.32 Å². The highest BCUT2D eigenvalue weighted by Crippen LogP contribution is 2.30. The third-order valence-corrected chi connectivity index (χ3v) is 5.92. The third kappa shape index (κ3) is 9.42. The van der Waals surface area contributed by atoms with Crippen LogP contribution in [0.5, 0.6) is 0 Å². The second-order valence-electron chi connectivity index (χ2n) is 8.22. The zero-order chi connectivity index (χ0) is 21.6. The number of aliphatic carboxylic acids is 1. The number of rotatable bonds is 15. The molecule has 0 bridgehead atoms. The molecule has 0 saturated heterocycles. The second-order valence-corrected chi connectivity index (χ2v) is 8.22. The zero-order valence-corrected chi connectivity index (χ0v) is 18.4. The van der Waals surface area contributed by atoms with Crippen LogP contribution in [0.3, 0.4) is 0 Å². The van der Waals surface area contributed by atoms with Crippen molar-refractivity contribution in [2.45, 2.75) is 91.0 Å². The zero-order valence-electron chi connectivity index (χ0n) is 18.4. The molecule has 5 heteroatoms. The summed E-state index contributed by atoms with van der Waals surface area (Å²) in [6, 6.07) is -0.796. The number of unbranched alkanes of at least 4 members (excludes halogenated alkanes) is 4. The van der Waals surface area contributed by atoms with Gasteiger partial charge in [0.2, 0.25) is 5.91 Å². The molecule has 4 atom stereocenters. The molecular formula is C24H39NO4. The third-order valence-electron chi connectivity index (χ3n) is 5.92. The van der Waals surface area contributed by atoms with Gasteiger partial charge < -0.3 is 10.4 Å². The van der Waals surface area contributed by atoms with Gasteiger partial charge in [-0.15, -0.1) is 0 Å². The number of carboxylic acids is 1. The first-order valence-electron chi connectivity index (χ1n) is 11.3. The second kappa shape index (κ2) is 14.1. The number of carbonyl (C=O) groups excluding carboxylic acids is 2. The highest BCUT2D eigenvalue weighted by Gasteiger charge is 2.28. The van der Waals surface area contributed by atoms with E-state index in [2.05, 4.69) is 30.5 Å². The van der Waals surface area contributed by atoms with E-state index in [-0.39, 0.29) is 23.5 Å². The van der Waals surface area contributed by atoms with Crippen LogP contribution in [0, 0.1) is 17.8 Å². The van der Waals surface area contributed by atoms with Gasteiger partial charge in [-0.25, -0.2) is 4.79 Å². The SMILES string of the molecule is CC/C=C\C[C@@H]1C(=O)C=C[C@@H]1CCCCCCCC(=O)N[C@H](C(=O)O)[C@@H](C)CC. The molecule has 1 amide bonds. The van der Waals surface area contributed by atoms with Crippen LogP contribution in [0.4, 0.5) is 0 Å². The lowest BCUT2D eigenvalue weighted by atomic mass is 9.87. The summed E-state index contributed by atoms with van der Waals surface area (Å²) in [5.41, 5.74) is 0. The number of amides is 1. The smallest absolute Gasteiger partial charge is 0.326 e. The Labute approximate surface area is 176 Å². The summed E-state index contributed by atoms with van der Waals surface area (Å²) in [5, 5.41) is 11.9. The predicted octanol–water partition coefficient (Wildman–Crippen LogP) is 5.06. The van der Waals surface area contributed by atoms with Crippen LogP contribution in [0.1, 0.15) is 85.0 Å². The molecule has 0 spiro atoms. The number of allylic oxidation sites excluding steroid dienone is 4. The molecule has 0 saturated carbocycles. The Morgan fingerprint density at radius 1 is 1.14 bits per heavy atom. The molecule has 0 aromatic rings. The standard InChI is InChI=1S/C24H39NO4/c1-4-6-10-14-20-19(16-17-21(20)26)13-11-8-7-9-12-15-22(27)25-23(24(28)29)18(3)5-2/h6,10,16-20,23H,4-5,7-9,11-15H2,1-3H3,(H,25,27)(H,28,29)/b10-6-/t18-,19-,20-,23-/m0/s1. The molecule has 164 valence electrons. The molecule has 5 nitrogen and oxygen atoms in total. The topological polar surface area (TPSA) is 83.5 Å². The molecule has 0 aromatic heterocycles.